The van der Waals surface area contributed by atoms with Crippen LogP contribution in [0.15, 0.2) is 74.9 Å². The van der Waals surface area contributed by atoms with Crippen molar-refractivity contribution in [3.05, 3.63) is 98.0 Å². The Morgan fingerprint density at radius 1 is 1.07 bits per heavy atom. The maximum Gasteiger partial charge on any atom is 0.332 e. The number of nitrogens with one attached hydrogen (secondary N) is 1. The van der Waals surface area contributed by atoms with E-state index in [0.29, 0.717) is 27.4 Å². The van der Waals surface area contributed by atoms with Crippen LogP contribution in [0.5, 0.6) is 0 Å². The number of amides is 1. The lowest BCUT2D eigenvalue weighted by Gasteiger charge is -2.14. The van der Waals surface area contributed by atoms with Gasteiger partial charge in [0.25, 0.3) is 5.56 Å². The molecular formula is C22H18ClN3O4. The van der Waals surface area contributed by atoms with E-state index in [-0.39, 0.29) is 13.1 Å². The Morgan fingerprint density at radius 2 is 1.87 bits per heavy atom. The van der Waals surface area contributed by atoms with E-state index in [0.717, 1.165) is 10.1 Å². The maximum atomic E-state index is 13.1. The normalized spacial score (nSPS) is 11.0. The smallest absolute Gasteiger partial charge is 0.332 e. The minimum atomic E-state index is -0.590. The summed E-state index contributed by atoms with van der Waals surface area (Å²) in [7, 11) is 0. The highest BCUT2D eigenvalue weighted by molar-refractivity contribution is 6.31. The minimum Gasteiger partial charge on any atom is -0.467 e. The van der Waals surface area contributed by atoms with Crippen LogP contribution < -0.4 is 16.6 Å². The van der Waals surface area contributed by atoms with Crippen molar-refractivity contribution < 1.29 is 9.21 Å². The largest absolute Gasteiger partial charge is 0.467 e. The van der Waals surface area contributed by atoms with Gasteiger partial charge in [-0.05, 0) is 48.9 Å². The molecule has 2 heterocycles. The lowest BCUT2D eigenvalue weighted by atomic mass is 10.2. The van der Waals surface area contributed by atoms with Crippen LogP contribution >= 0.6 is 11.6 Å². The van der Waals surface area contributed by atoms with E-state index in [4.69, 9.17) is 16.0 Å². The van der Waals surface area contributed by atoms with Crippen molar-refractivity contribution in [3.63, 3.8) is 0 Å². The molecule has 7 nitrogen and oxygen atoms in total. The average molecular weight is 424 g/mol. The van der Waals surface area contributed by atoms with Gasteiger partial charge in [0, 0.05) is 10.7 Å². The number of aromatic nitrogens is 2. The molecular weight excluding hydrogens is 406 g/mol. The first-order valence-electron chi connectivity index (χ1n) is 9.25. The first-order chi connectivity index (χ1) is 14.4. The van der Waals surface area contributed by atoms with Crippen molar-refractivity contribution in [3.8, 4) is 0 Å². The lowest BCUT2D eigenvalue weighted by molar-refractivity contribution is -0.116. The summed E-state index contributed by atoms with van der Waals surface area (Å²) in [6, 6.07) is 15.2. The molecule has 0 atom stereocenters. The Bertz CT molecular complexity index is 1350. The second-order valence-electron chi connectivity index (χ2n) is 6.86. The molecule has 0 saturated heterocycles. The van der Waals surface area contributed by atoms with Gasteiger partial charge in [0.2, 0.25) is 5.91 Å². The van der Waals surface area contributed by atoms with Crippen molar-refractivity contribution >= 4 is 34.1 Å². The van der Waals surface area contributed by atoms with Gasteiger partial charge in [0.15, 0.2) is 0 Å². The quantitative estimate of drug-likeness (QED) is 0.533. The number of halogens is 1. The zero-order valence-corrected chi connectivity index (χ0v) is 16.8. The Kier molecular flexibility index (Phi) is 5.29. The molecule has 2 aromatic carbocycles. The summed E-state index contributed by atoms with van der Waals surface area (Å²) in [5, 5.41) is 3.62. The van der Waals surface area contributed by atoms with E-state index in [1.54, 1.807) is 54.6 Å². The van der Waals surface area contributed by atoms with Crippen molar-refractivity contribution in [2.45, 2.75) is 20.0 Å². The Balaban J connectivity index is 1.76. The van der Waals surface area contributed by atoms with Gasteiger partial charge in [0.1, 0.15) is 12.3 Å². The fourth-order valence-corrected chi connectivity index (χ4v) is 3.46. The second kappa shape index (κ2) is 8.04. The molecule has 1 N–H and O–H groups in total. The number of furan rings is 1. The van der Waals surface area contributed by atoms with Crippen LogP contribution in [0, 0.1) is 6.92 Å². The highest BCUT2D eigenvalue weighted by atomic mass is 35.5. The molecule has 0 aliphatic heterocycles. The molecule has 30 heavy (non-hydrogen) atoms. The van der Waals surface area contributed by atoms with E-state index in [1.165, 1.54) is 10.8 Å². The number of nitrogens with zero attached hydrogens (tertiary/aromatic N) is 2. The van der Waals surface area contributed by atoms with Gasteiger partial charge in [-0.1, -0.05) is 29.8 Å². The molecule has 8 heteroatoms. The molecule has 1 amide bonds. The predicted molar refractivity (Wildman–Crippen MR) is 115 cm³/mol. The summed E-state index contributed by atoms with van der Waals surface area (Å²) in [5.74, 6) is 0.0610. The standard InChI is InChI=1S/C22H18ClN3O4/c1-14-8-9-15(23)11-18(14)24-20(27)13-25-19-7-3-2-6-17(19)21(28)26(22(25)29)12-16-5-4-10-30-16/h2-11H,12-13H2,1H3,(H,24,27). The zero-order valence-electron chi connectivity index (χ0n) is 16.1. The Hall–Kier alpha value is -3.58. The van der Waals surface area contributed by atoms with Crippen molar-refractivity contribution in [2.24, 2.45) is 0 Å². The molecule has 0 aliphatic carbocycles. The third-order valence-corrected chi connectivity index (χ3v) is 5.04. The molecule has 152 valence electrons. The van der Waals surface area contributed by atoms with Gasteiger partial charge in [-0.2, -0.15) is 0 Å². The zero-order chi connectivity index (χ0) is 21.3. The van der Waals surface area contributed by atoms with Gasteiger partial charge < -0.3 is 9.73 Å². The van der Waals surface area contributed by atoms with Crippen LogP contribution in [-0.4, -0.2) is 15.0 Å². The predicted octanol–water partition coefficient (Wildman–Crippen LogP) is 3.41. The number of anilines is 1. The highest BCUT2D eigenvalue weighted by Gasteiger charge is 2.16. The highest BCUT2D eigenvalue weighted by Crippen LogP contribution is 2.20. The Morgan fingerprint density at radius 3 is 2.63 bits per heavy atom. The van der Waals surface area contributed by atoms with Crippen LogP contribution in [0.3, 0.4) is 0 Å². The average Bonchev–Trinajstić information content (AvgIpc) is 3.24. The van der Waals surface area contributed by atoms with Crippen LogP contribution in [0.4, 0.5) is 5.69 Å². The van der Waals surface area contributed by atoms with Crippen molar-refractivity contribution in [1.82, 2.24) is 9.13 Å². The van der Waals surface area contributed by atoms with Crippen LogP contribution in [0.25, 0.3) is 10.9 Å². The fraction of sp³-hybridized carbons (Fsp3) is 0.136. The molecule has 0 aliphatic rings. The van der Waals surface area contributed by atoms with Gasteiger partial charge in [-0.15, -0.1) is 0 Å². The number of aryl methyl sites for hydroxylation is 1. The van der Waals surface area contributed by atoms with E-state index >= 15 is 0 Å². The number of benzene rings is 2. The fourth-order valence-electron chi connectivity index (χ4n) is 3.28. The van der Waals surface area contributed by atoms with Crippen LogP contribution in [0.2, 0.25) is 5.02 Å². The second-order valence-corrected chi connectivity index (χ2v) is 7.30. The number of carbonyl (C=O) groups is 1. The number of fused-ring (bicyclic) bond motifs is 1. The van der Waals surface area contributed by atoms with Gasteiger partial charge >= 0.3 is 5.69 Å². The molecule has 0 fully saturated rings. The number of rotatable bonds is 5. The minimum absolute atomic E-state index is 0.0233. The summed E-state index contributed by atoms with van der Waals surface area (Å²) < 4.78 is 7.64. The number of hydrogen-bond acceptors (Lipinski definition) is 4. The summed E-state index contributed by atoms with van der Waals surface area (Å²) in [6.07, 6.45) is 1.47. The molecule has 0 radical (unpaired) electrons. The summed E-state index contributed by atoms with van der Waals surface area (Å²) >= 11 is 6.02. The summed E-state index contributed by atoms with van der Waals surface area (Å²) in [4.78, 5) is 38.7. The topological polar surface area (TPSA) is 86.2 Å². The number of hydrogen-bond donors (Lipinski definition) is 1. The maximum absolute atomic E-state index is 13.1. The van der Waals surface area contributed by atoms with Gasteiger partial charge in [-0.3, -0.25) is 18.7 Å². The first kappa shape index (κ1) is 19.7. The summed E-state index contributed by atoms with van der Waals surface area (Å²) in [5.41, 5.74) is 0.769. The molecule has 2 aromatic heterocycles. The van der Waals surface area contributed by atoms with E-state index in [1.807, 2.05) is 6.92 Å². The van der Waals surface area contributed by atoms with Gasteiger partial charge in [0.05, 0.1) is 23.7 Å². The lowest BCUT2D eigenvalue weighted by Crippen LogP contribution is -2.42. The SMILES string of the molecule is Cc1ccc(Cl)cc1NC(=O)Cn1c(=O)n(Cc2ccco2)c(=O)c2ccccc21. The van der Waals surface area contributed by atoms with Crippen molar-refractivity contribution in [1.29, 1.82) is 0 Å². The molecule has 0 bridgehead atoms. The molecule has 0 spiro atoms. The Labute approximate surface area is 176 Å². The van der Waals surface area contributed by atoms with Crippen LogP contribution in [0.1, 0.15) is 11.3 Å². The number of para-hydroxylation sites is 1. The summed E-state index contributed by atoms with van der Waals surface area (Å²) in [6.45, 7) is 1.56. The molecule has 0 saturated carbocycles. The van der Waals surface area contributed by atoms with E-state index in [2.05, 4.69) is 5.32 Å². The monoisotopic (exact) mass is 423 g/mol. The molecule has 4 aromatic rings. The van der Waals surface area contributed by atoms with Gasteiger partial charge in [-0.25, -0.2) is 4.79 Å². The van der Waals surface area contributed by atoms with Crippen LogP contribution in [-0.2, 0) is 17.9 Å². The third kappa shape index (κ3) is 3.79. The third-order valence-electron chi connectivity index (χ3n) is 4.80. The van der Waals surface area contributed by atoms with Crippen molar-refractivity contribution in [2.75, 3.05) is 5.32 Å². The van der Waals surface area contributed by atoms with E-state index < -0.39 is 17.2 Å². The van der Waals surface area contributed by atoms with E-state index in [9.17, 15) is 14.4 Å². The molecule has 4 rings (SSSR count). The molecule has 0 unspecified atom stereocenters. The number of carbonyl (C=O) groups excluding carboxylic acids is 1. The first-order valence-corrected chi connectivity index (χ1v) is 9.62.